The van der Waals surface area contributed by atoms with Gasteiger partial charge >= 0.3 is 0 Å². The van der Waals surface area contributed by atoms with E-state index in [9.17, 15) is 0 Å². The summed E-state index contributed by atoms with van der Waals surface area (Å²) in [5.74, 6) is 2.56. The van der Waals surface area contributed by atoms with Gasteiger partial charge in [-0.3, -0.25) is 4.90 Å². The standard InChI is InChI=1S/C17H24N2/c1-12-6-7-17(16-5-3-2-4-15(12)16)19-10-13-8-18-9-14(13)11-19/h2-5,12-14,17-18H,6-11H2,1H3/t12?,13-,14+,17?. The number of rotatable bonds is 1. The summed E-state index contributed by atoms with van der Waals surface area (Å²) in [6, 6.07) is 9.85. The Morgan fingerprint density at radius 3 is 2.42 bits per heavy atom. The molecule has 3 aliphatic rings. The van der Waals surface area contributed by atoms with E-state index in [1.54, 1.807) is 11.1 Å². The molecule has 0 spiro atoms. The lowest BCUT2D eigenvalue weighted by molar-refractivity contribution is 0.201. The van der Waals surface area contributed by atoms with Gasteiger partial charge in [0.05, 0.1) is 0 Å². The molecule has 19 heavy (non-hydrogen) atoms. The Labute approximate surface area is 116 Å². The monoisotopic (exact) mass is 256 g/mol. The molecule has 1 N–H and O–H groups in total. The summed E-state index contributed by atoms with van der Waals surface area (Å²) in [5, 5.41) is 3.55. The lowest BCUT2D eigenvalue weighted by atomic mass is 9.80. The van der Waals surface area contributed by atoms with Crippen molar-refractivity contribution in [3.05, 3.63) is 35.4 Å². The van der Waals surface area contributed by atoms with Crippen LogP contribution in [0.25, 0.3) is 0 Å². The van der Waals surface area contributed by atoms with Crippen LogP contribution in [0.15, 0.2) is 24.3 Å². The second-order valence-electron chi connectivity index (χ2n) is 6.76. The fraction of sp³-hybridized carbons (Fsp3) is 0.647. The van der Waals surface area contributed by atoms with Crippen LogP contribution in [0.4, 0.5) is 0 Å². The van der Waals surface area contributed by atoms with Crippen molar-refractivity contribution < 1.29 is 0 Å². The summed E-state index contributed by atoms with van der Waals surface area (Å²) in [6.07, 6.45) is 2.71. The number of nitrogens with zero attached hydrogens (tertiary/aromatic N) is 1. The summed E-state index contributed by atoms with van der Waals surface area (Å²) >= 11 is 0. The van der Waals surface area contributed by atoms with E-state index < -0.39 is 0 Å². The number of likely N-dealkylation sites (tertiary alicyclic amines) is 1. The molecule has 0 bridgehead atoms. The third kappa shape index (κ3) is 1.93. The van der Waals surface area contributed by atoms with Crippen molar-refractivity contribution in [3.8, 4) is 0 Å². The highest BCUT2D eigenvalue weighted by molar-refractivity contribution is 5.35. The van der Waals surface area contributed by atoms with E-state index in [1.165, 1.54) is 39.0 Å². The average Bonchev–Trinajstić information content (AvgIpc) is 3.00. The number of nitrogens with one attached hydrogen (secondary N) is 1. The van der Waals surface area contributed by atoms with E-state index in [4.69, 9.17) is 0 Å². The molecule has 1 aliphatic carbocycles. The van der Waals surface area contributed by atoms with Gasteiger partial charge in [0, 0.05) is 19.1 Å². The van der Waals surface area contributed by atoms with E-state index in [2.05, 4.69) is 41.4 Å². The van der Waals surface area contributed by atoms with Gasteiger partial charge in [-0.05, 0) is 54.8 Å². The van der Waals surface area contributed by atoms with Gasteiger partial charge in [-0.1, -0.05) is 31.2 Å². The Morgan fingerprint density at radius 2 is 1.68 bits per heavy atom. The Morgan fingerprint density at radius 1 is 1.00 bits per heavy atom. The van der Waals surface area contributed by atoms with Crippen molar-refractivity contribution in [2.45, 2.75) is 31.7 Å². The van der Waals surface area contributed by atoms with Gasteiger partial charge in [0.2, 0.25) is 0 Å². The molecule has 2 saturated heterocycles. The number of hydrogen-bond acceptors (Lipinski definition) is 2. The Bertz CT molecular complexity index is 458. The second-order valence-corrected chi connectivity index (χ2v) is 6.76. The predicted molar refractivity (Wildman–Crippen MR) is 78.3 cm³/mol. The normalized spacial score (nSPS) is 38.2. The third-order valence-electron chi connectivity index (χ3n) is 5.62. The lowest BCUT2D eigenvalue weighted by Crippen LogP contribution is -2.32. The molecule has 0 aromatic heterocycles. The minimum absolute atomic E-state index is 0.693. The van der Waals surface area contributed by atoms with E-state index in [-0.39, 0.29) is 0 Å². The summed E-state index contributed by atoms with van der Waals surface area (Å²) in [5.41, 5.74) is 3.23. The quantitative estimate of drug-likeness (QED) is 0.831. The zero-order valence-electron chi connectivity index (χ0n) is 11.8. The maximum absolute atomic E-state index is 3.55. The smallest absolute Gasteiger partial charge is 0.0351 e. The zero-order chi connectivity index (χ0) is 12.8. The van der Waals surface area contributed by atoms with E-state index in [1.807, 2.05) is 0 Å². The van der Waals surface area contributed by atoms with Gasteiger partial charge in [0.1, 0.15) is 0 Å². The molecular formula is C17H24N2. The minimum atomic E-state index is 0.693. The highest BCUT2D eigenvalue weighted by Gasteiger charge is 2.40. The topological polar surface area (TPSA) is 15.3 Å². The molecule has 2 heterocycles. The first-order valence-electron chi connectivity index (χ1n) is 7.86. The van der Waals surface area contributed by atoms with Gasteiger partial charge < -0.3 is 5.32 Å². The molecule has 1 aromatic rings. The molecule has 4 atom stereocenters. The second kappa shape index (κ2) is 4.60. The van der Waals surface area contributed by atoms with E-state index in [0.717, 1.165) is 17.8 Å². The summed E-state index contributed by atoms with van der Waals surface area (Å²) < 4.78 is 0. The van der Waals surface area contributed by atoms with Crippen LogP contribution in [0.5, 0.6) is 0 Å². The van der Waals surface area contributed by atoms with Crippen LogP contribution < -0.4 is 5.32 Å². The highest BCUT2D eigenvalue weighted by atomic mass is 15.2. The Balaban J connectivity index is 1.61. The number of benzene rings is 1. The fourth-order valence-corrected chi connectivity index (χ4v) is 4.51. The van der Waals surface area contributed by atoms with E-state index in [0.29, 0.717) is 6.04 Å². The maximum atomic E-state index is 3.55. The van der Waals surface area contributed by atoms with Crippen molar-refractivity contribution in [2.24, 2.45) is 11.8 Å². The Kier molecular flexibility index (Phi) is 2.89. The lowest BCUT2D eigenvalue weighted by Gasteiger charge is -2.36. The molecule has 0 radical (unpaired) electrons. The molecule has 4 rings (SSSR count). The molecule has 1 aromatic carbocycles. The van der Waals surface area contributed by atoms with E-state index >= 15 is 0 Å². The first-order chi connectivity index (χ1) is 9.33. The SMILES string of the molecule is CC1CCC(N2C[C@H]3CNC[C@H]3C2)c2ccccc21. The highest BCUT2D eigenvalue weighted by Crippen LogP contribution is 2.43. The molecule has 2 unspecified atom stereocenters. The van der Waals surface area contributed by atoms with Crippen LogP contribution in [-0.4, -0.2) is 31.1 Å². The van der Waals surface area contributed by atoms with Crippen molar-refractivity contribution in [1.82, 2.24) is 10.2 Å². The zero-order valence-corrected chi connectivity index (χ0v) is 11.8. The first kappa shape index (κ1) is 11.9. The van der Waals surface area contributed by atoms with Gasteiger partial charge in [0.25, 0.3) is 0 Å². The van der Waals surface area contributed by atoms with Gasteiger partial charge in [-0.15, -0.1) is 0 Å². The van der Waals surface area contributed by atoms with Crippen molar-refractivity contribution >= 4 is 0 Å². The number of hydrogen-bond donors (Lipinski definition) is 1. The van der Waals surface area contributed by atoms with Crippen molar-refractivity contribution in [2.75, 3.05) is 26.2 Å². The summed E-state index contributed by atoms with van der Waals surface area (Å²) in [4.78, 5) is 2.78. The van der Waals surface area contributed by atoms with Gasteiger partial charge in [-0.25, -0.2) is 0 Å². The molecule has 2 nitrogen and oxygen atoms in total. The van der Waals surface area contributed by atoms with Crippen LogP contribution in [-0.2, 0) is 0 Å². The molecule has 0 saturated carbocycles. The minimum Gasteiger partial charge on any atom is -0.316 e. The maximum Gasteiger partial charge on any atom is 0.0351 e. The number of fused-ring (bicyclic) bond motifs is 2. The van der Waals surface area contributed by atoms with Crippen LogP contribution in [0.3, 0.4) is 0 Å². The average molecular weight is 256 g/mol. The summed E-state index contributed by atoms with van der Waals surface area (Å²) in [7, 11) is 0. The van der Waals surface area contributed by atoms with Crippen LogP contribution in [0, 0.1) is 11.8 Å². The molecule has 2 fully saturated rings. The molecule has 2 heteroatoms. The van der Waals surface area contributed by atoms with Crippen LogP contribution >= 0.6 is 0 Å². The molecule has 102 valence electrons. The predicted octanol–water partition coefficient (Wildman–Crippen LogP) is 2.78. The van der Waals surface area contributed by atoms with Crippen LogP contribution in [0.1, 0.15) is 42.9 Å². The molecule has 2 aliphatic heterocycles. The van der Waals surface area contributed by atoms with Gasteiger partial charge in [-0.2, -0.15) is 0 Å². The molecular weight excluding hydrogens is 232 g/mol. The fourth-order valence-electron chi connectivity index (χ4n) is 4.51. The Hall–Kier alpha value is -0.860. The van der Waals surface area contributed by atoms with Crippen molar-refractivity contribution in [3.63, 3.8) is 0 Å². The first-order valence-corrected chi connectivity index (χ1v) is 7.86. The van der Waals surface area contributed by atoms with Crippen LogP contribution in [0.2, 0.25) is 0 Å². The summed E-state index contributed by atoms with van der Waals surface area (Å²) in [6.45, 7) is 7.49. The van der Waals surface area contributed by atoms with Crippen molar-refractivity contribution in [1.29, 1.82) is 0 Å². The molecule has 0 amide bonds. The third-order valence-corrected chi connectivity index (χ3v) is 5.62. The largest absolute Gasteiger partial charge is 0.316 e. The van der Waals surface area contributed by atoms with Gasteiger partial charge in [0.15, 0.2) is 0 Å².